The Morgan fingerprint density at radius 3 is 1.11 bits per heavy atom. The molecule has 7 aliphatic rings. The second-order valence-corrected chi connectivity index (χ2v) is 39.3. The lowest BCUT2D eigenvalue weighted by Crippen LogP contribution is -2.48. The number of aryl methyl sites for hydroxylation is 1. The first-order chi connectivity index (χ1) is 65.0. The van der Waals surface area contributed by atoms with E-state index in [9.17, 15) is 16.8 Å². The van der Waals surface area contributed by atoms with Crippen molar-refractivity contribution in [1.82, 2.24) is 114 Å². The fourth-order valence-corrected chi connectivity index (χ4v) is 20.1. The van der Waals surface area contributed by atoms with E-state index in [-0.39, 0.29) is 50.8 Å². The molecule has 134 heavy (non-hydrogen) atoms. The van der Waals surface area contributed by atoms with E-state index in [2.05, 4.69) is 192 Å². The predicted octanol–water partition coefficient (Wildman–Crippen LogP) is 12.0. The molecule has 4 aromatic carbocycles. The number of sulfone groups is 1. The third-order valence-corrected chi connectivity index (χ3v) is 29.8. The summed E-state index contributed by atoms with van der Waals surface area (Å²) in [5, 5.41) is 21.3. The molecule has 38 nitrogen and oxygen atoms in total. The van der Waals surface area contributed by atoms with Gasteiger partial charge in [-0.2, -0.15) is 29.3 Å². The van der Waals surface area contributed by atoms with Crippen LogP contribution in [0.2, 0.25) is 0 Å². The molecule has 3 aliphatic heterocycles. The minimum atomic E-state index is -3.17. The van der Waals surface area contributed by atoms with Gasteiger partial charge in [-0.25, -0.2) is 66.7 Å². The number of hydrogen-bond acceptors (Lipinski definition) is 35. The SMILES string of the molecule is CS(=O)(=O)C1CCN(c2ccc(-c3nc(C4(c5ccc(-c6cnc(N)nc6)cc5)CCC4)no3)cn2)C1.CS(=O)(=O)N1CCN(c2ccc(-c3nc(C4(c5ccc(-c6cnc(N)nc6)cc5)CCC4)no3)cn2)CC1.Cn1cc(-c2nc(C3(c4ccc(-c5cnc(N)cn5)cc4)CCC3)no2)cn1.Nc1ncc(-c2ccc(C3(c4noc(-c5cncn5C5COC5)n4)CCC3)cc2)cn1. The summed E-state index contributed by atoms with van der Waals surface area (Å²) in [6.07, 6.45) is 39.6. The summed E-state index contributed by atoms with van der Waals surface area (Å²) in [4.78, 5) is 69.4. The lowest BCUT2D eigenvalue weighted by molar-refractivity contribution is -0.0228. The van der Waals surface area contributed by atoms with Crippen LogP contribution in [0.25, 0.3) is 90.6 Å². The number of nitrogens with two attached hydrogens (primary N) is 4. The highest BCUT2D eigenvalue weighted by Crippen LogP contribution is 2.53. The predicted molar refractivity (Wildman–Crippen MR) is 497 cm³/mol. The van der Waals surface area contributed by atoms with Gasteiger partial charge in [0, 0.05) is 131 Å². The largest absolute Gasteiger partial charge is 0.382 e. The molecule has 23 rings (SSSR count). The van der Waals surface area contributed by atoms with E-state index >= 15 is 0 Å². The number of piperazine rings is 1. The van der Waals surface area contributed by atoms with Gasteiger partial charge >= 0.3 is 0 Å². The zero-order valence-corrected chi connectivity index (χ0v) is 75.2. The van der Waals surface area contributed by atoms with Gasteiger partial charge in [0.2, 0.25) is 27.9 Å². The van der Waals surface area contributed by atoms with E-state index in [0.29, 0.717) is 99.9 Å². The number of hydrogen-bond donors (Lipinski definition) is 4. The topological polar surface area (TPSA) is 512 Å². The maximum Gasteiger partial charge on any atom is 0.276 e. The zero-order valence-electron chi connectivity index (χ0n) is 73.6. The maximum absolute atomic E-state index is 11.9. The van der Waals surface area contributed by atoms with E-state index in [1.54, 1.807) is 85.4 Å². The van der Waals surface area contributed by atoms with Crippen LogP contribution >= 0.6 is 0 Å². The first-order valence-electron chi connectivity index (χ1n) is 44.3. The molecule has 15 heterocycles. The molecule has 0 bridgehead atoms. The second kappa shape index (κ2) is 36.0. The Morgan fingerprint density at radius 1 is 0.381 bits per heavy atom. The summed E-state index contributed by atoms with van der Waals surface area (Å²) in [5.41, 5.74) is 36.9. The standard InChI is InChI=1S/C26H28N8O3S.C26H27N7O3S.C22H21N7O2.C20H19N7O/c1-38(35,36)34-13-11-33(12-14-34)22-8-5-19(15-28-22)23-31-24(32-37-23)26(9-2-10-26)21-6-3-18(4-7-21)20-16-29-25(27)30-17-20;1-37(34,35)21-9-12-33(16-21)22-8-5-18(13-28-22)23-31-24(32-36-23)26(10-2-11-26)20-6-3-17(4-7-20)19-14-29-25(27)30-15-19;23-21-25-8-15(9-26-21)14-2-4-16(5-3-14)22(6-1-7-22)20-27-19(31-28-20)18-10-24-13-29(18)17-11-30-12-17;1-27-12-14(9-24-27)18-25-19(26-28-18)20(7-2-8-20)15-5-3-13(4-6-15)16-10-23-17(21)11-22-16/h3-8,15-17H,2,9-14H2,1H3,(H2,27,29,30);3-8,13-15,21H,2,9-12,16H2,1H3,(H2,27,29,30);2-5,8-10,13,17H,1,6-7,11-12H2,(H2,23,25,26);3-6,9-12H,2,7-8H2,1H3,(H2,21,23). The van der Waals surface area contributed by atoms with Crippen molar-refractivity contribution in [2.75, 3.05) is 97.7 Å². The molecular weight excluding hydrogens is 1740 g/mol. The van der Waals surface area contributed by atoms with Crippen molar-refractivity contribution in [1.29, 1.82) is 0 Å². The zero-order chi connectivity index (χ0) is 91.9. The average Bonchev–Trinajstić information content (AvgIpc) is 1.55. The number of nitrogens with zero attached hydrogens (tertiary/aromatic N) is 25. The molecule has 3 saturated heterocycles. The number of anilines is 6. The minimum Gasteiger partial charge on any atom is -0.382 e. The average molecular weight is 1840 g/mol. The molecule has 4 aliphatic carbocycles. The van der Waals surface area contributed by atoms with Crippen LogP contribution in [0, 0.1) is 0 Å². The highest BCUT2D eigenvalue weighted by atomic mass is 32.2. The maximum atomic E-state index is 11.9. The van der Waals surface area contributed by atoms with Crippen molar-refractivity contribution in [3.05, 3.63) is 254 Å². The summed E-state index contributed by atoms with van der Waals surface area (Å²) >= 11 is 0. The molecule has 40 heteroatoms. The Bertz CT molecular complexity index is 7040. The summed E-state index contributed by atoms with van der Waals surface area (Å²) in [6.45, 7) is 4.58. The minimum absolute atomic E-state index is 0.199. The van der Waals surface area contributed by atoms with E-state index in [4.69, 9.17) is 60.7 Å². The summed E-state index contributed by atoms with van der Waals surface area (Å²) in [5.74, 6) is 7.42. The van der Waals surface area contributed by atoms with Crippen molar-refractivity contribution in [3.8, 4) is 90.6 Å². The van der Waals surface area contributed by atoms with E-state index < -0.39 is 19.9 Å². The molecule has 4 saturated carbocycles. The quantitative estimate of drug-likeness (QED) is 0.0519. The molecule has 1 unspecified atom stereocenters. The third kappa shape index (κ3) is 17.4. The van der Waals surface area contributed by atoms with Crippen LogP contribution in [0.1, 0.15) is 135 Å². The number of ether oxygens (including phenoxy) is 1. The molecular formula is C94H95N29O9S2. The Hall–Kier alpha value is -14.9. The van der Waals surface area contributed by atoms with Gasteiger partial charge in [0.1, 0.15) is 23.1 Å². The Balaban J connectivity index is 0.000000112. The van der Waals surface area contributed by atoms with Crippen LogP contribution in [0.15, 0.2) is 226 Å². The van der Waals surface area contributed by atoms with E-state index in [0.717, 1.165) is 178 Å². The van der Waals surface area contributed by atoms with Crippen LogP contribution in [0.3, 0.4) is 0 Å². The highest BCUT2D eigenvalue weighted by Gasteiger charge is 2.49. The summed E-state index contributed by atoms with van der Waals surface area (Å²) < 4.78 is 80.4. The Labute approximate surface area is 770 Å². The lowest BCUT2D eigenvalue weighted by atomic mass is 9.64. The van der Waals surface area contributed by atoms with Gasteiger partial charge in [0.15, 0.2) is 33.1 Å². The lowest BCUT2D eigenvalue weighted by Gasteiger charge is -2.39. The normalized spacial score (nSPS) is 17.6. The summed E-state index contributed by atoms with van der Waals surface area (Å²) in [7, 11) is -4.36. The van der Waals surface area contributed by atoms with Gasteiger partial charge in [0.05, 0.1) is 106 Å². The molecule has 0 radical (unpaired) electrons. The van der Waals surface area contributed by atoms with Gasteiger partial charge in [-0.1, -0.05) is 143 Å². The van der Waals surface area contributed by atoms with Crippen LogP contribution in [0.5, 0.6) is 0 Å². The number of sulfonamides is 1. The van der Waals surface area contributed by atoms with Gasteiger partial charge in [0.25, 0.3) is 23.6 Å². The monoisotopic (exact) mass is 1840 g/mol. The summed E-state index contributed by atoms with van der Waals surface area (Å²) in [6, 6.07) is 41.3. The Kier molecular flexibility index (Phi) is 23.4. The van der Waals surface area contributed by atoms with Crippen LogP contribution in [-0.4, -0.2) is 201 Å². The van der Waals surface area contributed by atoms with Crippen molar-refractivity contribution in [3.63, 3.8) is 0 Å². The van der Waals surface area contributed by atoms with Crippen LogP contribution < -0.4 is 32.7 Å². The molecule has 0 amide bonds. The van der Waals surface area contributed by atoms with Crippen molar-refractivity contribution < 1.29 is 39.7 Å². The van der Waals surface area contributed by atoms with Gasteiger partial charge in [-0.15, -0.1) is 0 Å². The number of pyridine rings is 2. The van der Waals surface area contributed by atoms with Gasteiger partial charge in [-0.3, -0.25) is 9.67 Å². The fraction of sp³-hybridized carbons (Fsp3) is 0.319. The third-order valence-electron chi connectivity index (χ3n) is 26.9. The van der Waals surface area contributed by atoms with Gasteiger partial charge in [-0.05, 0) is 121 Å². The number of imidazole rings is 1. The molecule has 1 atom stereocenters. The van der Waals surface area contributed by atoms with Crippen molar-refractivity contribution in [2.24, 2.45) is 7.05 Å². The van der Waals surface area contributed by atoms with Crippen molar-refractivity contribution in [2.45, 2.75) is 116 Å². The molecule has 12 aromatic heterocycles. The number of nitrogen functional groups attached to an aromatic ring is 4. The number of benzene rings is 4. The number of aromatic nitrogens is 22. The highest BCUT2D eigenvalue weighted by molar-refractivity contribution is 7.91. The van der Waals surface area contributed by atoms with Crippen LogP contribution in [-0.2, 0) is 53.3 Å². The smallest absolute Gasteiger partial charge is 0.276 e. The van der Waals surface area contributed by atoms with Crippen molar-refractivity contribution >= 4 is 55.2 Å². The molecule has 0 spiro atoms. The first-order valence-corrected chi connectivity index (χ1v) is 48.1. The van der Waals surface area contributed by atoms with E-state index in [1.807, 2.05) is 42.4 Å². The molecule has 7 fully saturated rings. The first kappa shape index (κ1) is 87.1. The molecule has 682 valence electrons. The van der Waals surface area contributed by atoms with Crippen LogP contribution in [0.4, 0.5) is 35.3 Å². The second-order valence-electron chi connectivity index (χ2n) is 35.0. The van der Waals surface area contributed by atoms with Gasteiger partial charge < -0.3 is 60.1 Å². The molecule has 16 aromatic rings. The Morgan fingerprint density at radius 2 is 0.769 bits per heavy atom. The molecule has 8 N–H and O–H groups in total. The van der Waals surface area contributed by atoms with E-state index in [1.165, 1.54) is 27.9 Å². The fourth-order valence-electron chi connectivity index (χ4n) is 18.3. The number of rotatable bonds is 21.